The van der Waals surface area contributed by atoms with Crippen LogP contribution in [0.25, 0.3) is 0 Å². The van der Waals surface area contributed by atoms with E-state index >= 15 is 0 Å². The van der Waals surface area contributed by atoms with Gasteiger partial charge in [-0.05, 0) is 37.0 Å². The molecule has 2 rings (SSSR count). The molecular formula is C16H24FNO. The number of hydrogen-bond acceptors (Lipinski definition) is 2. The van der Waals surface area contributed by atoms with Crippen LogP contribution in [0.3, 0.4) is 0 Å². The zero-order chi connectivity index (χ0) is 13.5. The second-order valence-corrected chi connectivity index (χ2v) is 5.25. The standard InChI is InChI=1S/C16H24FNO/c1-2-16(13-6-5-7-14(17)12-13)18-10-11-19-15-8-3-4-9-15/h5-7,12,15-16,18H,2-4,8-11H2,1H3. The van der Waals surface area contributed by atoms with Crippen molar-refractivity contribution in [2.45, 2.75) is 51.2 Å². The number of hydrogen-bond donors (Lipinski definition) is 1. The lowest BCUT2D eigenvalue weighted by Crippen LogP contribution is -2.26. The fraction of sp³-hybridized carbons (Fsp3) is 0.625. The van der Waals surface area contributed by atoms with Gasteiger partial charge < -0.3 is 10.1 Å². The second-order valence-electron chi connectivity index (χ2n) is 5.25. The quantitative estimate of drug-likeness (QED) is 0.757. The van der Waals surface area contributed by atoms with Crippen molar-refractivity contribution in [3.8, 4) is 0 Å². The first kappa shape index (κ1) is 14.5. The molecule has 1 unspecified atom stereocenters. The fourth-order valence-corrected chi connectivity index (χ4v) is 2.73. The molecule has 1 aliphatic rings. The van der Waals surface area contributed by atoms with E-state index in [1.165, 1.54) is 31.7 Å². The average Bonchev–Trinajstić information content (AvgIpc) is 2.92. The summed E-state index contributed by atoms with van der Waals surface area (Å²) in [6, 6.07) is 7.05. The Morgan fingerprint density at radius 1 is 1.37 bits per heavy atom. The van der Waals surface area contributed by atoms with Crippen LogP contribution in [-0.4, -0.2) is 19.3 Å². The van der Waals surface area contributed by atoms with Crippen molar-refractivity contribution >= 4 is 0 Å². The van der Waals surface area contributed by atoms with Gasteiger partial charge in [-0.1, -0.05) is 31.9 Å². The Balaban J connectivity index is 1.73. The lowest BCUT2D eigenvalue weighted by atomic mass is 10.0. The van der Waals surface area contributed by atoms with E-state index in [1.54, 1.807) is 12.1 Å². The van der Waals surface area contributed by atoms with Crippen LogP contribution in [0.4, 0.5) is 4.39 Å². The molecule has 2 nitrogen and oxygen atoms in total. The predicted octanol–water partition coefficient (Wildman–Crippen LogP) is 3.83. The van der Waals surface area contributed by atoms with E-state index in [9.17, 15) is 4.39 Å². The van der Waals surface area contributed by atoms with Crippen LogP contribution in [0.1, 0.15) is 50.6 Å². The molecule has 1 fully saturated rings. The Labute approximate surface area is 115 Å². The lowest BCUT2D eigenvalue weighted by molar-refractivity contribution is 0.0590. The molecule has 0 aliphatic heterocycles. The second kappa shape index (κ2) is 7.61. The van der Waals surface area contributed by atoms with Crippen LogP contribution >= 0.6 is 0 Å². The zero-order valence-electron chi connectivity index (χ0n) is 11.7. The third-order valence-corrected chi connectivity index (χ3v) is 3.81. The number of halogens is 1. The molecule has 1 N–H and O–H groups in total. The molecule has 0 aromatic heterocycles. The van der Waals surface area contributed by atoms with Crippen molar-refractivity contribution < 1.29 is 9.13 Å². The van der Waals surface area contributed by atoms with Crippen molar-refractivity contribution in [2.75, 3.05) is 13.2 Å². The molecule has 0 radical (unpaired) electrons. The molecule has 106 valence electrons. The van der Waals surface area contributed by atoms with Gasteiger partial charge in [-0.15, -0.1) is 0 Å². The molecule has 1 aromatic carbocycles. The first-order valence-electron chi connectivity index (χ1n) is 7.40. The van der Waals surface area contributed by atoms with Crippen molar-refractivity contribution in [2.24, 2.45) is 0 Å². The SMILES string of the molecule is CCC(NCCOC1CCCC1)c1cccc(F)c1. The minimum Gasteiger partial charge on any atom is -0.377 e. The summed E-state index contributed by atoms with van der Waals surface area (Å²) in [4.78, 5) is 0. The highest BCUT2D eigenvalue weighted by Crippen LogP contribution is 2.21. The summed E-state index contributed by atoms with van der Waals surface area (Å²) in [7, 11) is 0. The van der Waals surface area contributed by atoms with E-state index in [-0.39, 0.29) is 11.9 Å². The zero-order valence-corrected chi connectivity index (χ0v) is 11.7. The van der Waals surface area contributed by atoms with Crippen molar-refractivity contribution in [3.05, 3.63) is 35.6 Å². The maximum Gasteiger partial charge on any atom is 0.123 e. The lowest BCUT2D eigenvalue weighted by Gasteiger charge is -2.18. The van der Waals surface area contributed by atoms with Crippen LogP contribution in [0.15, 0.2) is 24.3 Å². The highest BCUT2D eigenvalue weighted by molar-refractivity contribution is 5.19. The molecule has 19 heavy (non-hydrogen) atoms. The Kier molecular flexibility index (Phi) is 5.80. The Morgan fingerprint density at radius 2 is 2.16 bits per heavy atom. The van der Waals surface area contributed by atoms with Gasteiger partial charge in [0.1, 0.15) is 5.82 Å². The molecule has 3 heteroatoms. The van der Waals surface area contributed by atoms with E-state index in [0.29, 0.717) is 6.10 Å². The Morgan fingerprint density at radius 3 is 2.84 bits per heavy atom. The van der Waals surface area contributed by atoms with Gasteiger partial charge in [-0.2, -0.15) is 0 Å². The van der Waals surface area contributed by atoms with Gasteiger partial charge in [0.15, 0.2) is 0 Å². The number of benzene rings is 1. The van der Waals surface area contributed by atoms with E-state index in [2.05, 4.69) is 12.2 Å². The van der Waals surface area contributed by atoms with Crippen molar-refractivity contribution in [1.82, 2.24) is 5.32 Å². The summed E-state index contributed by atoms with van der Waals surface area (Å²) < 4.78 is 19.0. The molecular weight excluding hydrogens is 241 g/mol. The predicted molar refractivity (Wildman–Crippen MR) is 75.6 cm³/mol. The van der Waals surface area contributed by atoms with Gasteiger partial charge in [0.25, 0.3) is 0 Å². The number of rotatable bonds is 7. The van der Waals surface area contributed by atoms with Crippen molar-refractivity contribution in [3.63, 3.8) is 0 Å². The highest BCUT2D eigenvalue weighted by Gasteiger charge is 2.15. The number of ether oxygens (including phenoxy) is 1. The van der Waals surface area contributed by atoms with Crippen LogP contribution in [0.5, 0.6) is 0 Å². The molecule has 1 aromatic rings. The normalized spacial score (nSPS) is 17.8. The third kappa shape index (κ3) is 4.59. The summed E-state index contributed by atoms with van der Waals surface area (Å²) in [6.45, 7) is 3.68. The minimum atomic E-state index is -0.167. The van der Waals surface area contributed by atoms with Crippen molar-refractivity contribution in [1.29, 1.82) is 0 Å². The third-order valence-electron chi connectivity index (χ3n) is 3.81. The highest BCUT2D eigenvalue weighted by atomic mass is 19.1. The molecule has 0 amide bonds. The topological polar surface area (TPSA) is 21.3 Å². The Bertz CT molecular complexity index is 377. The molecule has 1 atom stereocenters. The maximum atomic E-state index is 13.2. The van der Waals surface area contributed by atoms with Gasteiger partial charge in [-0.25, -0.2) is 4.39 Å². The first-order valence-corrected chi connectivity index (χ1v) is 7.40. The van der Waals surface area contributed by atoms with E-state index < -0.39 is 0 Å². The summed E-state index contributed by atoms with van der Waals surface area (Å²) in [5.74, 6) is -0.167. The summed E-state index contributed by atoms with van der Waals surface area (Å²) in [6.07, 6.45) is 6.45. The summed E-state index contributed by atoms with van der Waals surface area (Å²) in [5.41, 5.74) is 1.02. The molecule has 0 heterocycles. The van der Waals surface area contributed by atoms with Crippen LogP contribution in [0, 0.1) is 5.82 Å². The summed E-state index contributed by atoms with van der Waals surface area (Å²) >= 11 is 0. The van der Waals surface area contributed by atoms with E-state index in [0.717, 1.165) is 25.1 Å². The number of nitrogens with one attached hydrogen (secondary N) is 1. The molecule has 0 saturated heterocycles. The van der Waals surface area contributed by atoms with Crippen LogP contribution in [0.2, 0.25) is 0 Å². The van der Waals surface area contributed by atoms with Gasteiger partial charge in [0.2, 0.25) is 0 Å². The van der Waals surface area contributed by atoms with Crippen LogP contribution in [-0.2, 0) is 4.74 Å². The fourth-order valence-electron chi connectivity index (χ4n) is 2.73. The Hall–Kier alpha value is -0.930. The summed E-state index contributed by atoms with van der Waals surface area (Å²) in [5, 5.41) is 3.45. The average molecular weight is 265 g/mol. The van der Waals surface area contributed by atoms with E-state index in [4.69, 9.17) is 4.74 Å². The van der Waals surface area contributed by atoms with E-state index in [1.807, 2.05) is 6.07 Å². The molecule has 1 saturated carbocycles. The minimum absolute atomic E-state index is 0.167. The maximum absolute atomic E-state index is 13.2. The van der Waals surface area contributed by atoms with Gasteiger partial charge in [0, 0.05) is 12.6 Å². The monoisotopic (exact) mass is 265 g/mol. The molecule has 1 aliphatic carbocycles. The molecule has 0 bridgehead atoms. The van der Waals surface area contributed by atoms with Crippen LogP contribution < -0.4 is 5.32 Å². The smallest absolute Gasteiger partial charge is 0.123 e. The van der Waals surface area contributed by atoms with Gasteiger partial charge >= 0.3 is 0 Å². The first-order chi connectivity index (χ1) is 9.29. The largest absolute Gasteiger partial charge is 0.377 e. The van der Waals surface area contributed by atoms with Gasteiger partial charge in [0.05, 0.1) is 12.7 Å². The molecule has 0 spiro atoms. The van der Waals surface area contributed by atoms with Gasteiger partial charge in [-0.3, -0.25) is 0 Å².